The zero-order valence-corrected chi connectivity index (χ0v) is 26.9. The van der Waals surface area contributed by atoms with Gasteiger partial charge in [-0.25, -0.2) is 13.2 Å². The molecule has 0 aliphatic carbocycles. The summed E-state index contributed by atoms with van der Waals surface area (Å²) in [5.74, 6) is -2.64. The van der Waals surface area contributed by atoms with E-state index in [0.717, 1.165) is 71.6 Å². The highest BCUT2D eigenvalue weighted by atomic mass is 19.2. The van der Waals surface area contributed by atoms with E-state index in [-0.39, 0.29) is 18.0 Å². The van der Waals surface area contributed by atoms with Crippen molar-refractivity contribution in [3.8, 4) is 16.9 Å². The van der Waals surface area contributed by atoms with E-state index in [0.29, 0.717) is 41.5 Å². The lowest BCUT2D eigenvalue weighted by atomic mass is 10.0. The first kappa shape index (κ1) is 31.5. The highest BCUT2D eigenvalue weighted by Crippen LogP contribution is 2.38. The maximum Gasteiger partial charge on any atom is 0.257 e. The Morgan fingerprint density at radius 2 is 1.68 bits per heavy atom. The minimum absolute atomic E-state index is 0.101. The number of nitrogens with one attached hydrogen (secondary N) is 2. The fourth-order valence-electron chi connectivity index (χ4n) is 6.58. The van der Waals surface area contributed by atoms with Gasteiger partial charge in [0.25, 0.3) is 5.91 Å². The number of rotatable bonds is 8. The van der Waals surface area contributed by atoms with Crippen LogP contribution in [0.1, 0.15) is 21.5 Å². The first-order valence-corrected chi connectivity index (χ1v) is 16.4. The molecule has 2 N–H and O–H groups in total. The molecule has 8 nitrogen and oxygen atoms in total. The highest BCUT2D eigenvalue weighted by molar-refractivity contribution is 6.13. The SMILES string of the molecule is O=C1Nc2cc(CCOc3ccc(N4CCOCC4)cc3)ccc2Nc2cc(-c3cn(Cc4cc(F)cc(F)c4F)c4cnccc34)ccc21. The zero-order chi connectivity index (χ0) is 34.2. The number of amides is 1. The van der Waals surface area contributed by atoms with Gasteiger partial charge in [0.15, 0.2) is 11.6 Å². The molecule has 0 atom stereocenters. The number of carbonyl (C=O) groups excluding carboxylic acids is 1. The van der Waals surface area contributed by atoms with Crippen LogP contribution in [0.25, 0.3) is 22.0 Å². The number of carbonyl (C=O) groups is 1. The van der Waals surface area contributed by atoms with Crippen molar-refractivity contribution in [1.29, 1.82) is 0 Å². The van der Waals surface area contributed by atoms with E-state index in [1.807, 2.05) is 48.5 Å². The molecule has 1 amide bonds. The zero-order valence-electron chi connectivity index (χ0n) is 26.9. The van der Waals surface area contributed by atoms with Gasteiger partial charge < -0.3 is 29.6 Å². The molecule has 8 rings (SSSR count). The average molecular weight is 676 g/mol. The van der Waals surface area contributed by atoms with E-state index in [2.05, 4.69) is 32.7 Å². The van der Waals surface area contributed by atoms with Crippen molar-refractivity contribution in [3.05, 3.63) is 132 Å². The van der Waals surface area contributed by atoms with Gasteiger partial charge in [-0.05, 0) is 71.8 Å². The number of nitrogens with zero attached hydrogens (tertiary/aromatic N) is 3. The molecule has 0 radical (unpaired) electrons. The van der Waals surface area contributed by atoms with Crippen LogP contribution in [-0.2, 0) is 17.7 Å². The normalized spacial score (nSPS) is 14.1. The molecule has 252 valence electrons. The Balaban J connectivity index is 0.998. The van der Waals surface area contributed by atoms with Gasteiger partial charge in [0.2, 0.25) is 0 Å². The fraction of sp³-hybridized carbons (Fsp3) is 0.179. The minimum atomic E-state index is -1.24. The van der Waals surface area contributed by atoms with Crippen LogP contribution in [0, 0.1) is 17.5 Å². The third-order valence-electron chi connectivity index (χ3n) is 9.14. The Morgan fingerprint density at radius 1 is 0.840 bits per heavy atom. The topological polar surface area (TPSA) is 80.6 Å². The molecule has 0 saturated carbocycles. The lowest BCUT2D eigenvalue weighted by Gasteiger charge is -2.28. The van der Waals surface area contributed by atoms with E-state index in [9.17, 15) is 18.0 Å². The molecular formula is C39H32F3N5O3. The number of pyridine rings is 1. The first-order valence-electron chi connectivity index (χ1n) is 16.4. The number of aromatic nitrogens is 2. The molecule has 0 unspecified atom stereocenters. The largest absolute Gasteiger partial charge is 0.493 e. The van der Waals surface area contributed by atoms with Gasteiger partial charge in [-0.1, -0.05) is 12.1 Å². The molecule has 0 spiro atoms. The van der Waals surface area contributed by atoms with Crippen molar-refractivity contribution in [2.24, 2.45) is 0 Å². The second-order valence-corrected chi connectivity index (χ2v) is 12.3. The Labute approximate surface area is 286 Å². The van der Waals surface area contributed by atoms with Crippen LogP contribution < -0.4 is 20.3 Å². The molecule has 6 aromatic rings. The summed E-state index contributed by atoms with van der Waals surface area (Å²) in [7, 11) is 0. The number of hydrogen-bond donors (Lipinski definition) is 2. The van der Waals surface area contributed by atoms with Crippen LogP contribution in [-0.4, -0.2) is 48.4 Å². The number of ether oxygens (including phenoxy) is 2. The van der Waals surface area contributed by atoms with Crippen molar-refractivity contribution >= 4 is 39.6 Å². The highest BCUT2D eigenvalue weighted by Gasteiger charge is 2.22. The first-order chi connectivity index (χ1) is 24.4. The summed E-state index contributed by atoms with van der Waals surface area (Å²) in [6.45, 7) is 3.61. The van der Waals surface area contributed by atoms with Crippen LogP contribution in [0.2, 0.25) is 0 Å². The maximum absolute atomic E-state index is 14.6. The quantitative estimate of drug-likeness (QED) is 0.160. The fourth-order valence-corrected chi connectivity index (χ4v) is 6.58. The van der Waals surface area contributed by atoms with E-state index in [1.54, 1.807) is 29.2 Å². The van der Waals surface area contributed by atoms with Crippen molar-refractivity contribution in [1.82, 2.24) is 9.55 Å². The van der Waals surface area contributed by atoms with Gasteiger partial charge in [-0.15, -0.1) is 0 Å². The van der Waals surface area contributed by atoms with E-state index >= 15 is 0 Å². The summed E-state index contributed by atoms with van der Waals surface area (Å²) in [5, 5.41) is 7.27. The van der Waals surface area contributed by atoms with Crippen LogP contribution in [0.5, 0.6) is 5.75 Å². The number of halogens is 3. The number of benzene rings is 4. The number of hydrogen-bond acceptors (Lipinski definition) is 6. The average Bonchev–Trinajstić information content (AvgIpc) is 3.43. The van der Waals surface area contributed by atoms with Crippen molar-refractivity contribution in [2.45, 2.75) is 13.0 Å². The van der Waals surface area contributed by atoms with Crippen LogP contribution >= 0.6 is 0 Å². The molecule has 4 aromatic carbocycles. The monoisotopic (exact) mass is 675 g/mol. The number of morpholine rings is 1. The van der Waals surface area contributed by atoms with Crippen molar-refractivity contribution in [2.75, 3.05) is 48.4 Å². The van der Waals surface area contributed by atoms with Crippen LogP contribution in [0.4, 0.5) is 35.9 Å². The maximum atomic E-state index is 14.6. The van der Waals surface area contributed by atoms with Gasteiger partial charge in [0, 0.05) is 60.2 Å². The molecule has 2 aromatic heterocycles. The summed E-state index contributed by atoms with van der Waals surface area (Å²) in [6, 6.07) is 22.8. The second kappa shape index (κ2) is 13.2. The van der Waals surface area contributed by atoms with Gasteiger partial charge in [0.05, 0.1) is 60.7 Å². The summed E-state index contributed by atoms with van der Waals surface area (Å²) < 4.78 is 55.7. The summed E-state index contributed by atoms with van der Waals surface area (Å²) in [4.78, 5) is 19.9. The Kier molecular flexibility index (Phi) is 8.33. The minimum Gasteiger partial charge on any atom is -0.493 e. The Bertz CT molecular complexity index is 2230. The second-order valence-electron chi connectivity index (χ2n) is 12.3. The summed E-state index contributed by atoms with van der Waals surface area (Å²) in [5.41, 5.74) is 6.79. The molecule has 1 saturated heterocycles. The predicted octanol–water partition coefficient (Wildman–Crippen LogP) is 7.94. The van der Waals surface area contributed by atoms with E-state index in [1.165, 1.54) is 0 Å². The van der Waals surface area contributed by atoms with Crippen molar-refractivity contribution < 1.29 is 27.4 Å². The van der Waals surface area contributed by atoms with Crippen LogP contribution in [0.3, 0.4) is 0 Å². The van der Waals surface area contributed by atoms with E-state index < -0.39 is 17.5 Å². The van der Waals surface area contributed by atoms with E-state index in [4.69, 9.17) is 9.47 Å². The number of fused-ring (bicyclic) bond motifs is 3. The third kappa shape index (κ3) is 6.23. The molecule has 2 aliphatic rings. The van der Waals surface area contributed by atoms with Gasteiger partial charge in [0.1, 0.15) is 11.6 Å². The summed E-state index contributed by atoms with van der Waals surface area (Å²) in [6.07, 6.45) is 5.72. The molecule has 50 heavy (non-hydrogen) atoms. The molecule has 4 heterocycles. The molecular weight excluding hydrogens is 643 g/mol. The molecule has 2 aliphatic heterocycles. The number of anilines is 4. The molecule has 11 heteroatoms. The Hall–Kier alpha value is -5.81. The lowest BCUT2D eigenvalue weighted by Crippen LogP contribution is -2.36. The lowest BCUT2D eigenvalue weighted by molar-refractivity contribution is 0.102. The van der Waals surface area contributed by atoms with Gasteiger partial charge in [-0.3, -0.25) is 9.78 Å². The summed E-state index contributed by atoms with van der Waals surface area (Å²) >= 11 is 0. The van der Waals surface area contributed by atoms with Gasteiger partial charge >= 0.3 is 0 Å². The molecule has 0 bridgehead atoms. The standard InChI is InChI=1S/C39H32F3N5O3/c40-27-18-26(38(42)33(41)20-27)22-47-23-32(30-9-11-43-21-37(30)47)25-2-7-31-35(19-25)44-34-8-1-24(17-36(34)45-39(31)48)10-14-50-29-5-3-28(4-6-29)46-12-15-49-16-13-46/h1-9,11,17-21,23,44H,10,12-16,22H2,(H,45,48). The predicted molar refractivity (Wildman–Crippen MR) is 187 cm³/mol. The third-order valence-corrected chi connectivity index (χ3v) is 9.14. The smallest absolute Gasteiger partial charge is 0.257 e. The van der Waals surface area contributed by atoms with Crippen LogP contribution in [0.15, 0.2) is 97.5 Å². The van der Waals surface area contributed by atoms with Crippen molar-refractivity contribution in [3.63, 3.8) is 0 Å². The molecule has 1 fully saturated rings. The Morgan fingerprint density at radius 3 is 2.52 bits per heavy atom. The van der Waals surface area contributed by atoms with Gasteiger partial charge in [-0.2, -0.15) is 0 Å².